The van der Waals surface area contributed by atoms with Crippen LogP contribution in [0.4, 0.5) is 0 Å². The standard InChI is InChI=1S/C10H24IN/c1-6-8(3)9(4)11(5)10(12)7-2/h8-10H,6-7,12H2,1-5H3/t8?,9-,10?/m0/s1. The van der Waals surface area contributed by atoms with Crippen LogP contribution in [0.15, 0.2) is 0 Å². The number of hydrogen-bond acceptors (Lipinski definition) is 1. The second-order valence-electron chi connectivity index (χ2n) is 3.55. The van der Waals surface area contributed by atoms with Crippen molar-refractivity contribution in [1.29, 1.82) is 0 Å². The van der Waals surface area contributed by atoms with Crippen LogP contribution in [-0.2, 0) is 0 Å². The topological polar surface area (TPSA) is 26.0 Å². The maximum atomic E-state index is 6.08. The molecule has 12 heavy (non-hydrogen) atoms. The van der Waals surface area contributed by atoms with Crippen LogP contribution in [0, 0.1) is 5.92 Å². The van der Waals surface area contributed by atoms with Crippen LogP contribution in [0.5, 0.6) is 0 Å². The number of nitrogens with two attached hydrogens (primary N) is 1. The number of halogens is 1. The van der Waals surface area contributed by atoms with Crippen molar-refractivity contribution in [3.05, 3.63) is 0 Å². The third kappa shape index (κ3) is 3.60. The van der Waals surface area contributed by atoms with E-state index in [1.165, 1.54) is 12.8 Å². The summed E-state index contributed by atoms with van der Waals surface area (Å²) in [5.41, 5.74) is 6.08. The molecule has 0 amide bonds. The molecule has 0 saturated heterocycles. The first-order valence-corrected chi connectivity index (χ1v) is 9.52. The van der Waals surface area contributed by atoms with Gasteiger partial charge >= 0.3 is 84.9 Å². The predicted molar refractivity (Wildman–Crippen MR) is 67.1 cm³/mol. The molecule has 0 heterocycles. The van der Waals surface area contributed by atoms with Crippen LogP contribution < -0.4 is 5.73 Å². The second-order valence-corrected chi connectivity index (χ2v) is 10.3. The molecule has 0 aromatic rings. The van der Waals surface area contributed by atoms with E-state index in [4.69, 9.17) is 5.73 Å². The van der Waals surface area contributed by atoms with E-state index in [2.05, 4.69) is 32.6 Å². The van der Waals surface area contributed by atoms with Gasteiger partial charge in [0.25, 0.3) is 0 Å². The molecule has 0 aliphatic carbocycles. The Hall–Kier alpha value is 0.690. The molecule has 2 unspecified atom stereocenters. The summed E-state index contributed by atoms with van der Waals surface area (Å²) >= 11 is -0.860. The van der Waals surface area contributed by atoms with Gasteiger partial charge in [-0.1, -0.05) is 0 Å². The van der Waals surface area contributed by atoms with Crippen LogP contribution in [0.2, 0.25) is 0 Å². The van der Waals surface area contributed by atoms with E-state index in [0.717, 1.165) is 9.84 Å². The molecule has 0 saturated carbocycles. The number of rotatable bonds is 5. The summed E-state index contributed by atoms with van der Waals surface area (Å²) in [6.07, 6.45) is 2.47. The van der Waals surface area contributed by atoms with Crippen LogP contribution in [-0.4, -0.2) is 12.9 Å². The monoisotopic (exact) mass is 285 g/mol. The summed E-state index contributed by atoms with van der Waals surface area (Å²) < 4.78 is 1.45. The van der Waals surface area contributed by atoms with Gasteiger partial charge in [-0.2, -0.15) is 0 Å². The normalized spacial score (nSPS) is 20.0. The predicted octanol–water partition coefficient (Wildman–Crippen LogP) is 3.25. The summed E-state index contributed by atoms with van der Waals surface area (Å²) in [5, 5.41) is 0. The van der Waals surface area contributed by atoms with E-state index < -0.39 is 19.8 Å². The Morgan fingerprint density at radius 2 is 1.67 bits per heavy atom. The van der Waals surface area contributed by atoms with Gasteiger partial charge in [-0.25, -0.2) is 0 Å². The quantitative estimate of drug-likeness (QED) is 0.468. The Morgan fingerprint density at radius 1 is 1.17 bits per heavy atom. The molecule has 0 aliphatic heterocycles. The summed E-state index contributed by atoms with van der Waals surface area (Å²) in [5.74, 6) is 0.873. The first-order valence-electron chi connectivity index (χ1n) is 4.87. The maximum absolute atomic E-state index is 6.08. The molecule has 0 aromatic heterocycles. The molecule has 0 radical (unpaired) electrons. The van der Waals surface area contributed by atoms with E-state index in [0.29, 0.717) is 4.05 Å². The molecule has 3 atom stereocenters. The zero-order valence-electron chi connectivity index (χ0n) is 9.10. The van der Waals surface area contributed by atoms with Crippen molar-refractivity contribution in [2.24, 2.45) is 11.7 Å². The van der Waals surface area contributed by atoms with Gasteiger partial charge in [0.05, 0.1) is 0 Å². The van der Waals surface area contributed by atoms with Crippen molar-refractivity contribution in [2.45, 2.75) is 48.5 Å². The van der Waals surface area contributed by atoms with E-state index in [1.54, 1.807) is 0 Å². The van der Waals surface area contributed by atoms with Gasteiger partial charge in [0.2, 0.25) is 0 Å². The summed E-state index contributed by atoms with van der Waals surface area (Å²) in [6.45, 7) is 9.25. The average molecular weight is 285 g/mol. The van der Waals surface area contributed by atoms with Crippen LogP contribution in [0.3, 0.4) is 0 Å². The zero-order chi connectivity index (χ0) is 9.72. The van der Waals surface area contributed by atoms with Gasteiger partial charge in [0.1, 0.15) is 0 Å². The second kappa shape index (κ2) is 6.19. The Labute approximate surface area is 84.9 Å². The van der Waals surface area contributed by atoms with Crippen molar-refractivity contribution >= 4 is 19.8 Å². The molecule has 0 rings (SSSR count). The van der Waals surface area contributed by atoms with Gasteiger partial charge in [-0.3, -0.25) is 0 Å². The minimum absolute atomic E-state index is 0.540. The molecule has 1 nitrogen and oxygen atoms in total. The molecule has 0 aromatic carbocycles. The van der Waals surface area contributed by atoms with E-state index in [9.17, 15) is 0 Å². The van der Waals surface area contributed by atoms with Crippen molar-refractivity contribution in [2.75, 3.05) is 4.93 Å². The first-order chi connectivity index (χ1) is 5.54. The Kier molecular flexibility index (Phi) is 6.55. The molecule has 76 valence electrons. The van der Waals surface area contributed by atoms with E-state index in [1.807, 2.05) is 0 Å². The van der Waals surface area contributed by atoms with E-state index in [-0.39, 0.29) is 0 Å². The average Bonchev–Trinajstić information content (AvgIpc) is 2.12. The van der Waals surface area contributed by atoms with E-state index >= 15 is 0 Å². The van der Waals surface area contributed by atoms with Gasteiger partial charge in [-0.05, 0) is 0 Å². The molecular weight excluding hydrogens is 261 g/mol. The fraction of sp³-hybridized carbons (Fsp3) is 1.00. The third-order valence-electron chi connectivity index (χ3n) is 2.80. The Morgan fingerprint density at radius 3 is 2.00 bits per heavy atom. The molecule has 2 N–H and O–H groups in total. The molecule has 0 bridgehead atoms. The SMILES string of the molecule is CCC(C)[C@H](C)I(C)C(N)CC. The minimum atomic E-state index is -0.860. The van der Waals surface area contributed by atoms with Gasteiger partial charge in [0.15, 0.2) is 0 Å². The first kappa shape index (κ1) is 12.7. The van der Waals surface area contributed by atoms with Crippen molar-refractivity contribution in [3.8, 4) is 0 Å². The number of alkyl halides is 3. The molecular formula is C10H24IN. The van der Waals surface area contributed by atoms with Crippen molar-refractivity contribution in [1.82, 2.24) is 0 Å². The summed E-state index contributed by atoms with van der Waals surface area (Å²) in [4.78, 5) is 2.44. The fourth-order valence-corrected chi connectivity index (χ4v) is 6.45. The summed E-state index contributed by atoms with van der Waals surface area (Å²) in [7, 11) is 0. The summed E-state index contributed by atoms with van der Waals surface area (Å²) in [6, 6.07) is 0. The Balaban J connectivity index is 3.99. The molecule has 2 heteroatoms. The molecule has 0 fully saturated rings. The van der Waals surface area contributed by atoms with Crippen LogP contribution >= 0.6 is 19.8 Å². The Bertz CT molecular complexity index is 102. The molecule has 0 aliphatic rings. The van der Waals surface area contributed by atoms with Gasteiger partial charge in [-0.15, -0.1) is 0 Å². The fourth-order valence-electron chi connectivity index (χ4n) is 1.16. The zero-order valence-corrected chi connectivity index (χ0v) is 11.3. The van der Waals surface area contributed by atoms with Crippen molar-refractivity contribution in [3.63, 3.8) is 0 Å². The number of hydrogen-bond donors (Lipinski definition) is 1. The molecule has 0 spiro atoms. The van der Waals surface area contributed by atoms with Crippen LogP contribution in [0.1, 0.15) is 40.5 Å². The van der Waals surface area contributed by atoms with Crippen LogP contribution in [0.25, 0.3) is 0 Å². The van der Waals surface area contributed by atoms with Crippen molar-refractivity contribution < 1.29 is 0 Å². The van der Waals surface area contributed by atoms with Gasteiger partial charge in [0, 0.05) is 0 Å². The third-order valence-corrected chi connectivity index (χ3v) is 10.5. The van der Waals surface area contributed by atoms with Gasteiger partial charge < -0.3 is 0 Å².